The number of aromatic nitrogens is 3. The van der Waals surface area contributed by atoms with E-state index in [9.17, 15) is 1.37 Å². The van der Waals surface area contributed by atoms with Crippen molar-refractivity contribution < 1.29 is 28.0 Å². The van der Waals surface area contributed by atoms with E-state index in [0.29, 0.717) is 27.5 Å². The van der Waals surface area contributed by atoms with Crippen LogP contribution in [0.15, 0.2) is 197 Å². The molecular weight excluding hydrogens is 687 g/mol. The summed E-state index contributed by atoms with van der Waals surface area (Å²) < 4.78 is 135. The third-order valence-electron chi connectivity index (χ3n) is 9.62. The van der Waals surface area contributed by atoms with Crippen LogP contribution >= 0.6 is 0 Å². The van der Waals surface area contributed by atoms with Gasteiger partial charge < -0.3 is 8.83 Å². The fourth-order valence-electron chi connectivity index (χ4n) is 7.18. The summed E-state index contributed by atoms with van der Waals surface area (Å²) in [6.45, 7) is 0. The van der Waals surface area contributed by atoms with Crippen molar-refractivity contribution in [2.75, 3.05) is 0 Å². The first-order valence-corrected chi connectivity index (χ1v) is 17.5. The maximum absolute atomic E-state index is 9.44. The second-order valence-electron chi connectivity index (χ2n) is 12.8. The quantitative estimate of drug-likeness (QED) is 0.170. The van der Waals surface area contributed by atoms with E-state index in [-0.39, 0.29) is 17.0 Å². The van der Waals surface area contributed by atoms with Crippen molar-refractivity contribution in [3.63, 3.8) is 0 Å². The average Bonchev–Trinajstić information content (AvgIpc) is 3.96. The lowest BCUT2D eigenvalue weighted by molar-refractivity contribution is 0.669. The number of hydrogen-bond acceptors (Lipinski definition) is 5. The van der Waals surface area contributed by atoms with Crippen LogP contribution in [0.2, 0.25) is 0 Å². The van der Waals surface area contributed by atoms with Gasteiger partial charge in [-0.1, -0.05) is 157 Å². The molecular formula is C51H31N3O2. The van der Waals surface area contributed by atoms with E-state index < -0.39 is 118 Å². The van der Waals surface area contributed by atoms with Crippen LogP contribution in [0.4, 0.5) is 0 Å². The maximum atomic E-state index is 9.44. The molecule has 0 saturated carbocycles. The van der Waals surface area contributed by atoms with Gasteiger partial charge in [-0.05, 0) is 58.1 Å². The smallest absolute Gasteiger partial charge is 0.167 e. The molecule has 0 aliphatic rings. The number of nitrogens with zero attached hydrogens (tertiary/aromatic N) is 3. The predicted molar refractivity (Wildman–Crippen MR) is 227 cm³/mol. The minimum absolute atomic E-state index is 0.196. The van der Waals surface area contributed by atoms with Gasteiger partial charge in [-0.3, -0.25) is 0 Å². The van der Waals surface area contributed by atoms with E-state index in [2.05, 4.69) is 9.97 Å². The van der Waals surface area contributed by atoms with Gasteiger partial charge >= 0.3 is 0 Å². The van der Waals surface area contributed by atoms with E-state index in [1.807, 2.05) is 84.9 Å². The molecule has 11 rings (SSSR count). The molecule has 5 nitrogen and oxygen atoms in total. The normalized spacial score (nSPS) is 15.1. The van der Waals surface area contributed by atoms with Crippen LogP contribution in [0.3, 0.4) is 0 Å². The molecule has 3 aromatic heterocycles. The second-order valence-corrected chi connectivity index (χ2v) is 12.8. The molecule has 0 saturated heterocycles. The Hall–Kier alpha value is -7.63. The van der Waals surface area contributed by atoms with Crippen LogP contribution in [-0.4, -0.2) is 15.0 Å². The van der Waals surface area contributed by atoms with Crippen LogP contribution in [0, 0.1) is 0 Å². The van der Waals surface area contributed by atoms with Gasteiger partial charge in [-0.2, -0.15) is 0 Å². The summed E-state index contributed by atoms with van der Waals surface area (Å²) in [7, 11) is 0. The third kappa shape index (κ3) is 5.29. The van der Waals surface area contributed by atoms with Gasteiger partial charge in [-0.15, -0.1) is 0 Å². The summed E-state index contributed by atoms with van der Waals surface area (Å²) in [5, 5.41) is 3.11. The monoisotopic (exact) mass is 731 g/mol. The van der Waals surface area contributed by atoms with Gasteiger partial charge in [0.25, 0.3) is 0 Å². The highest BCUT2D eigenvalue weighted by molar-refractivity contribution is 6.22. The molecule has 56 heavy (non-hydrogen) atoms. The molecule has 0 N–H and O–H groups in total. The summed E-state index contributed by atoms with van der Waals surface area (Å²) in [6, 6.07) is 22.5. The molecule has 0 aliphatic heterocycles. The minimum Gasteiger partial charge on any atom is -0.455 e. The highest BCUT2D eigenvalue weighted by Crippen LogP contribution is 2.46. The topological polar surface area (TPSA) is 65.0 Å². The van der Waals surface area contributed by atoms with Crippen molar-refractivity contribution in [2.45, 2.75) is 0 Å². The maximum Gasteiger partial charge on any atom is 0.167 e. The lowest BCUT2D eigenvalue weighted by Gasteiger charge is -2.10. The third-order valence-corrected chi connectivity index (χ3v) is 9.62. The molecule has 0 radical (unpaired) electrons. The zero-order valence-electron chi connectivity index (χ0n) is 43.0. The fraction of sp³-hybridized carbons (Fsp3) is 0. The van der Waals surface area contributed by atoms with Gasteiger partial charge in [-0.25, -0.2) is 15.0 Å². The molecule has 0 aliphatic carbocycles. The SMILES string of the molecule is [2H]c1c([2H])c([2H])c(-c2nc(-c3c([2H])c([2H])c([2H])c(-c4c([2H])c([2H])c([2H])c([2H])c4[2H])c3[2H])nc(-c3cccc4c3oc3cccc(-c5ccc(-c6ccccc6)c6oc7ccccc7c56)c34)n2)c([2H])c1[2H]. The lowest BCUT2D eigenvalue weighted by Crippen LogP contribution is -2.00. The molecule has 8 aromatic carbocycles. The second kappa shape index (κ2) is 13.0. The average molecular weight is 732 g/mol. The predicted octanol–water partition coefficient (Wildman–Crippen LogP) is 13.7. The van der Waals surface area contributed by atoms with E-state index in [1.54, 1.807) is 18.2 Å². The largest absolute Gasteiger partial charge is 0.455 e. The minimum atomic E-state index is -0.789. The molecule has 0 spiro atoms. The van der Waals surface area contributed by atoms with Gasteiger partial charge in [0.05, 0.1) is 24.8 Å². The number of benzene rings is 8. The van der Waals surface area contributed by atoms with E-state index in [0.717, 1.165) is 33.0 Å². The molecule has 262 valence electrons. The van der Waals surface area contributed by atoms with Crippen molar-refractivity contribution in [1.29, 1.82) is 0 Å². The Bertz CT molecular complexity index is 4020. The van der Waals surface area contributed by atoms with Gasteiger partial charge in [0, 0.05) is 38.2 Å². The molecule has 3 heterocycles. The lowest BCUT2D eigenvalue weighted by atomic mass is 9.92. The summed E-state index contributed by atoms with van der Waals surface area (Å²) >= 11 is 0. The van der Waals surface area contributed by atoms with Gasteiger partial charge in [0.1, 0.15) is 22.3 Å². The van der Waals surface area contributed by atoms with E-state index in [1.165, 1.54) is 0 Å². The van der Waals surface area contributed by atoms with Crippen LogP contribution < -0.4 is 0 Å². The Kier molecular flexibility index (Phi) is 4.83. The first-order valence-electron chi connectivity index (χ1n) is 24.5. The van der Waals surface area contributed by atoms with Crippen LogP contribution in [0.5, 0.6) is 0 Å². The van der Waals surface area contributed by atoms with Crippen LogP contribution in [0.1, 0.15) is 19.2 Å². The molecule has 0 bridgehead atoms. The number of furan rings is 2. The number of fused-ring (bicyclic) bond motifs is 6. The Balaban J connectivity index is 1.19. The zero-order chi connectivity index (χ0) is 49.2. The number of rotatable bonds is 6. The fourth-order valence-corrected chi connectivity index (χ4v) is 7.18. The Morgan fingerprint density at radius 1 is 0.357 bits per heavy atom. The first kappa shape index (κ1) is 20.7. The summed E-state index contributed by atoms with van der Waals surface area (Å²) in [5.74, 6) is -1.17. The van der Waals surface area contributed by atoms with E-state index in [4.69, 9.17) is 31.6 Å². The highest BCUT2D eigenvalue weighted by Gasteiger charge is 2.23. The molecule has 5 heteroatoms. The molecule has 11 aromatic rings. The van der Waals surface area contributed by atoms with Crippen molar-refractivity contribution >= 4 is 43.9 Å². The highest BCUT2D eigenvalue weighted by atomic mass is 16.3. The van der Waals surface area contributed by atoms with Crippen LogP contribution in [0.25, 0.3) is 111 Å². The number of para-hydroxylation sites is 2. The summed E-state index contributed by atoms with van der Waals surface area (Å²) in [6.07, 6.45) is 0. The van der Waals surface area contributed by atoms with Gasteiger partial charge in [0.2, 0.25) is 0 Å². The van der Waals surface area contributed by atoms with Crippen LogP contribution in [-0.2, 0) is 0 Å². The zero-order valence-corrected chi connectivity index (χ0v) is 29.0. The molecule has 0 amide bonds. The molecule has 0 unspecified atom stereocenters. The van der Waals surface area contributed by atoms with Crippen molar-refractivity contribution in [3.8, 4) is 67.5 Å². The Morgan fingerprint density at radius 3 is 1.79 bits per heavy atom. The van der Waals surface area contributed by atoms with Crippen molar-refractivity contribution in [1.82, 2.24) is 15.0 Å². The van der Waals surface area contributed by atoms with Gasteiger partial charge in [0.15, 0.2) is 17.5 Å². The summed E-state index contributed by atoms with van der Waals surface area (Å²) in [5.41, 5.74) is 3.81. The van der Waals surface area contributed by atoms with Crippen molar-refractivity contribution in [2.24, 2.45) is 0 Å². The van der Waals surface area contributed by atoms with Crippen molar-refractivity contribution in [3.05, 3.63) is 188 Å². The molecule has 0 fully saturated rings. The molecule has 0 atom stereocenters. The Labute approximate surface area is 341 Å². The summed E-state index contributed by atoms with van der Waals surface area (Å²) in [4.78, 5) is 13.9. The number of hydrogen-bond donors (Lipinski definition) is 0. The van der Waals surface area contributed by atoms with E-state index >= 15 is 0 Å². The first-order chi connectivity index (χ1) is 33.6. The Morgan fingerprint density at radius 2 is 0.946 bits per heavy atom. The standard InChI is InChI=1S/C51H31N3O2/c1-4-15-32(16-5-1)35-21-12-22-36(31-35)50-52-49(34-19-8-3-9-20-34)53-51(54-50)42-26-13-25-41-45-38(24-14-28-44(45)56-47(41)42)39-30-29-37(33-17-6-2-7-18-33)48-46(39)40-23-10-11-27-43(40)55-48/h1-31H/i1D,3D,4D,5D,8D,9D,12D,15D,16D,19D,20D,21D,22D,31D.